The molecule has 0 saturated carbocycles. The maximum atomic E-state index is 10.8. The third kappa shape index (κ3) is 1.93. The third-order valence-corrected chi connectivity index (χ3v) is 1.90. The van der Waals surface area contributed by atoms with E-state index in [-0.39, 0.29) is 5.56 Å². The number of aromatic carboxylic acids is 1. The molecule has 0 unspecified atom stereocenters. The zero-order valence-electron chi connectivity index (χ0n) is 7.99. The average molecular weight is 192 g/mol. The summed E-state index contributed by atoms with van der Waals surface area (Å²) in [6.45, 7) is 3.60. The molecule has 3 heteroatoms. The molecule has 0 fully saturated rings. The Morgan fingerprint density at radius 1 is 1.64 bits per heavy atom. The Morgan fingerprint density at radius 3 is 2.86 bits per heavy atom. The van der Waals surface area contributed by atoms with Crippen LogP contribution < -0.4 is 4.74 Å². The van der Waals surface area contributed by atoms with Gasteiger partial charge in [0.2, 0.25) is 0 Å². The molecule has 74 valence electrons. The molecule has 0 saturated heterocycles. The number of hydrogen-bond acceptors (Lipinski definition) is 2. The third-order valence-electron chi connectivity index (χ3n) is 1.90. The first kappa shape index (κ1) is 10.3. The number of carboxylic acids is 1. The lowest BCUT2D eigenvalue weighted by Crippen LogP contribution is -2.02. The van der Waals surface area contributed by atoms with Crippen LogP contribution in [0.2, 0.25) is 0 Å². The van der Waals surface area contributed by atoms with Gasteiger partial charge in [0.05, 0.1) is 7.11 Å². The highest BCUT2D eigenvalue weighted by Crippen LogP contribution is 2.24. The number of methoxy groups -OCH3 is 1. The summed E-state index contributed by atoms with van der Waals surface area (Å²) in [7, 11) is 1.47. The molecule has 0 aliphatic carbocycles. The van der Waals surface area contributed by atoms with Crippen LogP contribution in [0.4, 0.5) is 0 Å². The minimum Gasteiger partial charge on any atom is -0.496 e. The molecule has 0 heterocycles. The van der Waals surface area contributed by atoms with Gasteiger partial charge in [-0.15, -0.1) is 6.58 Å². The molecule has 1 rings (SSSR count). The molecule has 3 nitrogen and oxygen atoms in total. The molecule has 1 N–H and O–H groups in total. The van der Waals surface area contributed by atoms with Crippen molar-refractivity contribution in [2.75, 3.05) is 7.11 Å². The largest absolute Gasteiger partial charge is 0.496 e. The zero-order valence-corrected chi connectivity index (χ0v) is 7.99. The quantitative estimate of drug-likeness (QED) is 0.743. The molecule has 0 atom stereocenters. The van der Waals surface area contributed by atoms with E-state index in [1.165, 1.54) is 13.2 Å². The van der Waals surface area contributed by atoms with Crippen molar-refractivity contribution in [2.45, 2.75) is 6.42 Å². The molecule has 0 bridgehead atoms. The first-order valence-electron chi connectivity index (χ1n) is 4.20. The summed E-state index contributed by atoms with van der Waals surface area (Å²) >= 11 is 0. The van der Waals surface area contributed by atoms with Crippen molar-refractivity contribution in [1.29, 1.82) is 0 Å². The molecule has 1 aromatic carbocycles. The maximum absolute atomic E-state index is 10.8. The van der Waals surface area contributed by atoms with Crippen LogP contribution in [-0.2, 0) is 6.42 Å². The van der Waals surface area contributed by atoms with Crippen LogP contribution in [0, 0.1) is 0 Å². The Hall–Kier alpha value is -1.77. The van der Waals surface area contributed by atoms with Gasteiger partial charge in [-0.25, -0.2) is 4.79 Å². The van der Waals surface area contributed by atoms with Crippen molar-refractivity contribution in [2.24, 2.45) is 0 Å². The molecular weight excluding hydrogens is 180 g/mol. The maximum Gasteiger partial charge on any atom is 0.339 e. The smallest absolute Gasteiger partial charge is 0.339 e. The predicted octanol–water partition coefficient (Wildman–Crippen LogP) is 2.12. The molecule has 1 aromatic rings. The molecule has 0 radical (unpaired) electrons. The first-order valence-corrected chi connectivity index (χ1v) is 4.20. The Kier molecular flexibility index (Phi) is 3.29. The molecule has 0 aliphatic rings. The number of rotatable bonds is 4. The van der Waals surface area contributed by atoms with E-state index < -0.39 is 5.97 Å². The fourth-order valence-corrected chi connectivity index (χ4v) is 1.31. The highest BCUT2D eigenvalue weighted by atomic mass is 16.5. The summed E-state index contributed by atoms with van der Waals surface area (Å²) in [5, 5.41) is 8.88. The van der Waals surface area contributed by atoms with Crippen molar-refractivity contribution in [1.82, 2.24) is 0 Å². The fraction of sp³-hybridized carbons (Fsp3) is 0.182. The SMILES string of the molecule is C=CCc1cccc(C(=O)O)c1OC. The minimum absolute atomic E-state index is 0.187. The molecule has 0 spiro atoms. The van der Waals surface area contributed by atoms with Gasteiger partial charge in [-0.2, -0.15) is 0 Å². The summed E-state index contributed by atoms with van der Waals surface area (Å²) in [5.74, 6) is -0.562. The van der Waals surface area contributed by atoms with Gasteiger partial charge in [0.25, 0.3) is 0 Å². The van der Waals surface area contributed by atoms with E-state index in [4.69, 9.17) is 9.84 Å². The number of carboxylic acid groups (broad SMARTS) is 1. The van der Waals surface area contributed by atoms with Gasteiger partial charge in [0, 0.05) is 0 Å². The highest BCUT2D eigenvalue weighted by molar-refractivity contribution is 5.91. The second kappa shape index (κ2) is 4.46. The van der Waals surface area contributed by atoms with E-state index in [2.05, 4.69) is 6.58 Å². The predicted molar refractivity (Wildman–Crippen MR) is 53.9 cm³/mol. The molecular formula is C11H12O3. The van der Waals surface area contributed by atoms with Gasteiger partial charge in [0.15, 0.2) is 0 Å². The second-order valence-electron chi connectivity index (χ2n) is 2.80. The lowest BCUT2D eigenvalue weighted by atomic mass is 10.1. The van der Waals surface area contributed by atoms with Crippen LogP contribution in [0.5, 0.6) is 5.75 Å². The minimum atomic E-state index is -0.979. The van der Waals surface area contributed by atoms with Crippen molar-refractivity contribution < 1.29 is 14.6 Å². The van der Waals surface area contributed by atoms with Gasteiger partial charge in [-0.05, 0) is 18.1 Å². The first-order chi connectivity index (χ1) is 6.70. The van der Waals surface area contributed by atoms with Crippen molar-refractivity contribution in [3.8, 4) is 5.75 Å². The van der Waals surface area contributed by atoms with Gasteiger partial charge in [0.1, 0.15) is 11.3 Å². The van der Waals surface area contributed by atoms with Crippen LogP contribution in [0.1, 0.15) is 15.9 Å². The Balaban J connectivity index is 3.24. The highest BCUT2D eigenvalue weighted by Gasteiger charge is 2.13. The van der Waals surface area contributed by atoms with Crippen LogP contribution in [0.25, 0.3) is 0 Å². The van der Waals surface area contributed by atoms with Crippen molar-refractivity contribution in [3.05, 3.63) is 42.0 Å². The molecule has 0 aromatic heterocycles. The van der Waals surface area contributed by atoms with Crippen LogP contribution in [0.3, 0.4) is 0 Å². The van der Waals surface area contributed by atoms with Gasteiger partial charge in [-0.3, -0.25) is 0 Å². The van der Waals surface area contributed by atoms with Crippen LogP contribution in [0.15, 0.2) is 30.9 Å². The van der Waals surface area contributed by atoms with Gasteiger partial charge >= 0.3 is 5.97 Å². The number of para-hydroxylation sites is 1. The van der Waals surface area contributed by atoms with Crippen LogP contribution >= 0.6 is 0 Å². The Labute approximate surface area is 82.6 Å². The lowest BCUT2D eigenvalue weighted by Gasteiger charge is -2.09. The summed E-state index contributed by atoms with van der Waals surface area (Å²) in [6, 6.07) is 5.05. The number of benzene rings is 1. The van der Waals surface area contributed by atoms with E-state index in [9.17, 15) is 4.79 Å². The Bertz CT molecular complexity index is 356. The number of ether oxygens (including phenoxy) is 1. The monoisotopic (exact) mass is 192 g/mol. The van der Waals surface area contributed by atoms with E-state index in [1.807, 2.05) is 6.07 Å². The van der Waals surface area contributed by atoms with Crippen molar-refractivity contribution in [3.63, 3.8) is 0 Å². The van der Waals surface area contributed by atoms with Crippen LogP contribution in [-0.4, -0.2) is 18.2 Å². The summed E-state index contributed by atoms with van der Waals surface area (Å²) in [5.41, 5.74) is 1.02. The van der Waals surface area contributed by atoms with Gasteiger partial charge < -0.3 is 9.84 Å². The van der Waals surface area contributed by atoms with E-state index in [1.54, 1.807) is 12.1 Å². The Morgan fingerprint density at radius 2 is 2.36 bits per heavy atom. The molecule has 0 aliphatic heterocycles. The fourth-order valence-electron chi connectivity index (χ4n) is 1.31. The average Bonchev–Trinajstić information content (AvgIpc) is 2.18. The summed E-state index contributed by atoms with van der Waals surface area (Å²) in [4.78, 5) is 10.8. The summed E-state index contributed by atoms with van der Waals surface area (Å²) in [6.07, 6.45) is 2.31. The normalized spacial score (nSPS) is 9.50. The van der Waals surface area contributed by atoms with Crippen molar-refractivity contribution >= 4 is 5.97 Å². The van der Waals surface area contributed by atoms with E-state index in [0.717, 1.165) is 5.56 Å². The van der Waals surface area contributed by atoms with E-state index >= 15 is 0 Å². The topological polar surface area (TPSA) is 46.5 Å². The molecule has 0 amide bonds. The molecule has 14 heavy (non-hydrogen) atoms. The zero-order chi connectivity index (χ0) is 10.6. The van der Waals surface area contributed by atoms with Gasteiger partial charge in [-0.1, -0.05) is 18.2 Å². The lowest BCUT2D eigenvalue weighted by molar-refractivity contribution is 0.0693. The second-order valence-corrected chi connectivity index (χ2v) is 2.80. The standard InChI is InChI=1S/C11H12O3/c1-3-5-8-6-4-7-9(11(12)13)10(8)14-2/h3-4,6-7H,1,5H2,2H3,(H,12,13). The number of hydrogen-bond donors (Lipinski definition) is 1. The summed E-state index contributed by atoms with van der Waals surface area (Å²) < 4.78 is 5.06. The number of carbonyl (C=O) groups is 1. The van der Waals surface area contributed by atoms with E-state index in [0.29, 0.717) is 12.2 Å². The number of allylic oxidation sites excluding steroid dienone is 1.